The SMILES string of the molecule is Nc1c(-c2ccc(F)c(Cl)c2)nc2n1CCCC2. The van der Waals surface area contributed by atoms with Gasteiger partial charge in [0.05, 0.1) is 5.02 Å². The summed E-state index contributed by atoms with van der Waals surface area (Å²) in [6.07, 6.45) is 3.20. The van der Waals surface area contributed by atoms with E-state index in [1.54, 1.807) is 12.1 Å². The fourth-order valence-electron chi connectivity index (χ4n) is 2.36. The van der Waals surface area contributed by atoms with Crippen LogP contribution in [0.3, 0.4) is 0 Å². The van der Waals surface area contributed by atoms with Crippen molar-refractivity contribution in [1.82, 2.24) is 9.55 Å². The Balaban J connectivity index is 2.11. The Kier molecular flexibility index (Phi) is 2.74. The average Bonchev–Trinajstić information content (AvgIpc) is 2.71. The molecule has 0 fully saturated rings. The number of aromatic nitrogens is 2. The van der Waals surface area contributed by atoms with Gasteiger partial charge in [-0.3, -0.25) is 0 Å². The number of benzene rings is 1. The van der Waals surface area contributed by atoms with Gasteiger partial charge >= 0.3 is 0 Å². The largest absolute Gasteiger partial charge is 0.383 e. The van der Waals surface area contributed by atoms with Gasteiger partial charge in [0.15, 0.2) is 0 Å². The van der Waals surface area contributed by atoms with Gasteiger partial charge in [-0.05, 0) is 31.0 Å². The zero-order chi connectivity index (χ0) is 12.7. The minimum Gasteiger partial charge on any atom is -0.383 e. The highest BCUT2D eigenvalue weighted by Crippen LogP contribution is 2.31. The number of anilines is 1. The van der Waals surface area contributed by atoms with Crippen molar-refractivity contribution in [2.45, 2.75) is 25.8 Å². The lowest BCUT2D eigenvalue weighted by Gasteiger charge is -2.14. The van der Waals surface area contributed by atoms with Gasteiger partial charge in [-0.2, -0.15) is 0 Å². The summed E-state index contributed by atoms with van der Waals surface area (Å²) < 4.78 is 15.2. The van der Waals surface area contributed by atoms with Crippen LogP contribution in [0.2, 0.25) is 5.02 Å². The summed E-state index contributed by atoms with van der Waals surface area (Å²) in [5.74, 6) is 1.23. The Labute approximate surface area is 109 Å². The highest BCUT2D eigenvalue weighted by molar-refractivity contribution is 6.31. The molecular formula is C13H13ClFN3. The van der Waals surface area contributed by atoms with E-state index in [4.69, 9.17) is 17.3 Å². The van der Waals surface area contributed by atoms with Crippen LogP contribution in [0.25, 0.3) is 11.3 Å². The summed E-state index contributed by atoms with van der Waals surface area (Å²) in [6, 6.07) is 4.57. The van der Waals surface area contributed by atoms with Gasteiger partial charge in [0.2, 0.25) is 0 Å². The molecule has 0 saturated heterocycles. The summed E-state index contributed by atoms with van der Waals surface area (Å²) in [6.45, 7) is 0.906. The Bertz CT molecular complexity index is 607. The average molecular weight is 266 g/mol. The second-order valence-corrected chi connectivity index (χ2v) is 4.91. The molecule has 94 valence electrons. The molecule has 2 aromatic rings. The van der Waals surface area contributed by atoms with E-state index < -0.39 is 5.82 Å². The molecule has 5 heteroatoms. The highest BCUT2D eigenvalue weighted by Gasteiger charge is 2.19. The van der Waals surface area contributed by atoms with Crippen LogP contribution >= 0.6 is 11.6 Å². The molecule has 3 rings (SSSR count). The third-order valence-corrected chi connectivity index (χ3v) is 3.60. The quantitative estimate of drug-likeness (QED) is 0.860. The second kappa shape index (κ2) is 4.28. The summed E-state index contributed by atoms with van der Waals surface area (Å²) in [5, 5.41) is 0.0953. The van der Waals surface area contributed by atoms with Crippen LogP contribution in [0.1, 0.15) is 18.7 Å². The van der Waals surface area contributed by atoms with Crippen LogP contribution in [0.15, 0.2) is 18.2 Å². The topological polar surface area (TPSA) is 43.8 Å². The second-order valence-electron chi connectivity index (χ2n) is 4.50. The lowest BCUT2D eigenvalue weighted by Crippen LogP contribution is -2.12. The standard InChI is InChI=1S/C13H13ClFN3/c14-9-7-8(4-5-10(9)15)12-13(16)18-6-2-1-3-11(18)17-12/h4-5,7H,1-3,6,16H2. The molecule has 0 radical (unpaired) electrons. The highest BCUT2D eigenvalue weighted by atomic mass is 35.5. The van der Waals surface area contributed by atoms with E-state index >= 15 is 0 Å². The molecule has 1 aliphatic rings. The normalized spacial score (nSPS) is 14.6. The third kappa shape index (κ3) is 1.77. The van der Waals surface area contributed by atoms with Gasteiger partial charge in [-0.25, -0.2) is 9.37 Å². The predicted molar refractivity (Wildman–Crippen MR) is 70.0 cm³/mol. The molecule has 0 unspecified atom stereocenters. The van der Waals surface area contributed by atoms with Gasteiger partial charge in [0.1, 0.15) is 23.2 Å². The molecule has 0 bridgehead atoms. The molecule has 1 aliphatic heterocycles. The maximum absolute atomic E-state index is 13.2. The number of nitrogens with two attached hydrogens (primary N) is 1. The number of nitrogen functional groups attached to an aromatic ring is 1. The monoisotopic (exact) mass is 265 g/mol. The molecule has 1 aromatic heterocycles. The Morgan fingerprint density at radius 3 is 2.89 bits per heavy atom. The summed E-state index contributed by atoms with van der Waals surface area (Å²) in [4.78, 5) is 4.55. The van der Waals surface area contributed by atoms with E-state index in [9.17, 15) is 4.39 Å². The molecule has 2 N–H and O–H groups in total. The molecule has 1 aromatic carbocycles. The molecular weight excluding hydrogens is 253 g/mol. The van der Waals surface area contributed by atoms with Crippen molar-refractivity contribution in [3.05, 3.63) is 34.9 Å². The zero-order valence-corrected chi connectivity index (χ0v) is 10.5. The van der Waals surface area contributed by atoms with E-state index in [0.717, 1.165) is 37.2 Å². The van der Waals surface area contributed by atoms with Gasteiger partial charge in [-0.15, -0.1) is 0 Å². The van der Waals surface area contributed by atoms with Gasteiger partial charge < -0.3 is 10.3 Å². The molecule has 0 saturated carbocycles. The van der Waals surface area contributed by atoms with E-state index in [1.165, 1.54) is 6.07 Å². The lowest BCUT2D eigenvalue weighted by atomic mass is 10.1. The van der Waals surface area contributed by atoms with Crippen LogP contribution in [0.4, 0.5) is 10.2 Å². The van der Waals surface area contributed by atoms with Crippen LogP contribution < -0.4 is 5.73 Å². The number of halogens is 2. The maximum atomic E-state index is 13.2. The molecule has 18 heavy (non-hydrogen) atoms. The fourth-order valence-corrected chi connectivity index (χ4v) is 2.54. The number of imidazole rings is 1. The number of rotatable bonds is 1. The third-order valence-electron chi connectivity index (χ3n) is 3.31. The van der Waals surface area contributed by atoms with Crippen molar-refractivity contribution >= 4 is 17.4 Å². The molecule has 0 atom stereocenters. The number of nitrogens with zero attached hydrogens (tertiary/aromatic N) is 2. The van der Waals surface area contributed by atoms with Crippen molar-refractivity contribution < 1.29 is 4.39 Å². The summed E-state index contributed by atoms with van der Waals surface area (Å²) >= 11 is 5.79. The minimum atomic E-state index is -0.428. The van der Waals surface area contributed by atoms with Crippen molar-refractivity contribution in [2.75, 3.05) is 5.73 Å². The smallest absolute Gasteiger partial charge is 0.141 e. The Hall–Kier alpha value is -1.55. The number of hydrogen-bond acceptors (Lipinski definition) is 2. The molecule has 0 amide bonds. The Morgan fingerprint density at radius 2 is 2.17 bits per heavy atom. The summed E-state index contributed by atoms with van der Waals surface area (Å²) in [7, 11) is 0. The van der Waals surface area contributed by atoms with Crippen LogP contribution in [-0.2, 0) is 13.0 Å². The van der Waals surface area contributed by atoms with E-state index in [-0.39, 0.29) is 5.02 Å². The van der Waals surface area contributed by atoms with Crippen molar-refractivity contribution in [1.29, 1.82) is 0 Å². The van der Waals surface area contributed by atoms with Gasteiger partial charge in [0, 0.05) is 18.5 Å². The number of aryl methyl sites for hydroxylation is 1. The van der Waals surface area contributed by atoms with Crippen LogP contribution in [0, 0.1) is 5.82 Å². The van der Waals surface area contributed by atoms with E-state index in [1.807, 2.05) is 4.57 Å². The van der Waals surface area contributed by atoms with E-state index in [2.05, 4.69) is 4.98 Å². The Morgan fingerprint density at radius 1 is 1.33 bits per heavy atom. The van der Waals surface area contributed by atoms with Crippen LogP contribution in [-0.4, -0.2) is 9.55 Å². The first-order valence-electron chi connectivity index (χ1n) is 5.97. The fraction of sp³-hybridized carbons (Fsp3) is 0.308. The first-order chi connectivity index (χ1) is 8.66. The lowest BCUT2D eigenvalue weighted by molar-refractivity contribution is 0.527. The molecule has 2 heterocycles. The van der Waals surface area contributed by atoms with Crippen molar-refractivity contribution in [2.24, 2.45) is 0 Å². The molecule has 0 spiro atoms. The van der Waals surface area contributed by atoms with Gasteiger partial charge in [0.25, 0.3) is 0 Å². The first-order valence-corrected chi connectivity index (χ1v) is 6.35. The predicted octanol–water partition coefficient (Wildman–Crippen LogP) is 3.26. The maximum Gasteiger partial charge on any atom is 0.141 e. The molecule has 0 aliphatic carbocycles. The van der Waals surface area contributed by atoms with Crippen LogP contribution in [0.5, 0.6) is 0 Å². The zero-order valence-electron chi connectivity index (χ0n) is 9.79. The van der Waals surface area contributed by atoms with E-state index in [0.29, 0.717) is 11.5 Å². The molecule has 3 nitrogen and oxygen atoms in total. The van der Waals surface area contributed by atoms with Crippen molar-refractivity contribution in [3.8, 4) is 11.3 Å². The number of fused-ring (bicyclic) bond motifs is 1. The van der Waals surface area contributed by atoms with Crippen molar-refractivity contribution in [3.63, 3.8) is 0 Å². The first kappa shape index (κ1) is 11.5. The van der Waals surface area contributed by atoms with Gasteiger partial charge in [-0.1, -0.05) is 11.6 Å². The summed E-state index contributed by atoms with van der Waals surface area (Å²) in [5.41, 5.74) is 7.58. The minimum absolute atomic E-state index is 0.0953. The number of hydrogen-bond donors (Lipinski definition) is 1.